The van der Waals surface area contributed by atoms with Gasteiger partial charge in [0.2, 0.25) is 0 Å². The second-order valence-electron chi connectivity index (χ2n) is 3.10. The van der Waals surface area contributed by atoms with Gasteiger partial charge in [0, 0.05) is 13.5 Å². The number of hydrogen-bond acceptors (Lipinski definition) is 3. The summed E-state index contributed by atoms with van der Waals surface area (Å²) >= 11 is 0. The third-order valence-corrected chi connectivity index (χ3v) is 1.90. The zero-order chi connectivity index (χ0) is 9.68. The molecule has 0 aromatic carbocycles. The quantitative estimate of drug-likeness (QED) is 0.735. The van der Waals surface area contributed by atoms with Gasteiger partial charge >= 0.3 is 0 Å². The van der Waals surface area contributed by atoms with E-state index in [-0.39, 0.29) is 0 Å². The minimum atomic E-state index is 0.809. The summed E-state index contributed by atoms with van der Waals surface area (Å²) in [6.07, 6.45) is 2.07. The molecule has 1 aromatic heterocycles. The zero-order valence-corrected chi connectivity index (χ0v) is 8.67. The molecule has 1 N–H and O–H groups in total. The fourth-order valence-corrected chi connectivity index (χ4v) is 1.19. The highest BCUT2D eigenvalue weighted by molar-refractivity contribution is 4.92. The summed E-state index contributed by atoms with van der Waals surface area (Å²) in [5, 5.41) is 7.56. The van der Waals surface area contributed by atoms with Crippen LogP contribution in [-0.4, -0.2) is 21.3 Å². The lowest BCUT2D eigenvalue weighted by Gasteiger charge is -1.98. The van der Waals surface area contributed by atoms with Gasteiger partial charge in [-0.25, -0.2) is 4.98 Å². The molecule has 1 rings (SSSR count). The molecule has 0 atom stereocenters. The van der Waals surface area contributed by atoms with Gasteiger partial charge in [-0.1, -0.05) is 13.8 Å². The Labute approximate surface area is 79.4 Å². The number of rotatable bonds is 5. The summed E-state index contributed by atoms with van der Waals surface area (Å²) in [5.41, 5.74) is 0. The molecule has 0 spiro atoms. The van der Waals surface area contributed by atoms with Crippen LogP contribution >= 0.6 is 0 Å². The second-order valence-corrected chi connectivity index (χ2v) is 3.10. The number of hydrogen-bond donors (Lipinski definition) is 1. The molecule has 0 aliphatic heterocycles. The summed E-state index contributed by atoms with van der Waals surface area (Å²) in [4.78, 5) is 4.43. The Morgan fingerprint density at radius 3 is 2.77 bits per heavy atom. The molecule has 4 nitrogen and oxygen atoms in total. The third-order valence-electron chi connectivity index (χ3n) is 1.90. The molecule has 0 radical (unpaired) electrons. The standard InChI is InChI=1S/C9H18N4/c1-4-6-8-11-9(7-10-5-2)13(3)12-8/h10H,4-7H2,1-3H3. The van der Waals surface area contributed by atoms with E-state index in [0.29, 0.717) is 0 Å². The topological polar surface area (TPSA) is 42.7 Å². The molecular formula is C9H18N4. The van der Waals surface area contributed by atoms with E-state index in [1.165, 1.54) is 0 Å². The van der Waals surface area contributed by atoms with Gasteiger partial charge in [0.05, 0.1) is 6.54 Å². The van der Waals surface area contributed by atoms with Gasteiger partial charge < -0.3 is 5.32 Å². The minimum absolute atomic E-state index is 0.809. The number of aromatic nitrogens is 3. The van der Waals surface area contributed by atoms with Gasteiger partial charge in [0.25, 0.3) is 0 Å². The SMILES string of the molecule is CCCc1nc(CNCC)n(C)n1. The van der Waals surface area contributed by atoms with Crippen molar-refractivity contribution in [2.45, 2.75) is 33.2 Å². The van der Waals surface area contributed by atoms with Crippen molar-refractivity contribution in [1.82, 2.24) is 20.1 Å². The molecule has 74 valence electrons. The van der Waals surface area contributed by atoms with E-state index in [2.05, 4.69) is 29.2 Å². The van der Waals surface area contributed by atoms with E-state index >= 15 is 0 Å². The minimum Gasteiger partial charge on any atom is -0.310 e. The van der Waals surface area contributed by atoms with Crippen molar-refractivity contribution in [2.75, 3.05) is 6.54 Å². The average Bonchev–Trinajstić information content (AvgIpc) is 2.44. The Morgan fingerprint density at radius 1 is 1.38 bits per heavy atom. The van der Waals surface area contributed by atoms with E-state index in [0.717, 1.165) is 37.6 Å². The van der Waals surface area contributed by atoms with E-state index in [4.69, 9.17) is 0 Å². The van der Waals surface area contributed by atoms with Gasteiger partial charge in [0.15, 0.2) is 5.82 Å². The molecule has 0 aliphatic carbocycles. The van der Waals surface area contributed by atoms with Crippen LogP contribution in [0.3, 0.4) is 0 Å². The summed E-state index contributed by atoms with van der Waals surface area (Å²) in [6.45, 7) is 6.00. The second kappa shape index (κ2) is 4.97. The Balaban J connectivity index is 2.60. The average molecular weight is 182 g/mol. The number of aryl methyl sites for hydroxylation is 2. The van der Waals surface area contributed by atoms with Crippen LogP contribution in [0.5, 0.6) is 0 Å². The lowest BCUT2D eigenvalue weighted by molar-refractivity contribution is 0.629. The van der Waals surface area contributed by atoms with Crippen LogP contribution in [0.2, 0.25) is 0 Å². The van der Waals surface area contributed by atoms with Crippen molar-refractivity contribution in [1.29, 1.82) is 0 Å². The van der Waals surface area contributed by atoms with Gasteiger partial charge in [-0.2, -0.15) is 5.10 Å². The highest BCUT2D eigenvalue weighted by atomic mass is 15.3. The Kier molecular flexibility index (Phi) is 3.89. The third kappa shape index (κ3) is 2.81. The summed E-state index contributed by atoms with van der Waals surface area (Å²) < 4.78 is 1.85. The molecule has 0 amide bonds. The van der Waals surface area contributed by atoms with Gasteiger partial charge in [0.1, 0.15) is 5.82 Å². The maximum Gasteiger partial charge on any atom is 0.150 e. The van der Waals surface area contributed by atoms with E-state index in [1.807, 2.05) is 11.7 Å². The van der Waals surface area contributed by atoms with E-state index in [9.17, 15) is 0 Å². The first-order valence-corrected chi connectivity index (χ1v) is 4.87. The van der Waals surface area contributed by atoms with Crippen LogP contribution in [0.15, 0.2) is 0 Å². The molecule has 13 heavy (non-hydrogen) atoms. The highest BCUT2D eigenvalue weighted by Gasteiger charge is 2.04. The predicted octanol–water partition coefficient (Wildman–Crippen LogP) is 0.877. The molecule has 1 aromatic rings. The molecule has 0 fully saturated rings. The number of nitrogens with one attached hydrogen (secondary N) is 1. The summed E-state index contributed by atoms with van der Waals surface area (Å²) in [7, 11) is 1.94. The highest BCUT2D eigenvalue weighted by Crippen LogP contribution is 1.99. The Hall–Kier alpha value is -0.900. The molecule has 0 saturated carbocycles. The molecule has 0 aliphatic rings. The summed E-state index contributed by atoms with van der Waals surface area (Å²) in [5.74, 6) is 1.98. The van der Waals surface area contributed by atoms with E-state index < -0.39 is 0 Å². The van der Waals surface area contributed by atoms with Crippen molar-refractivity contribution >= 4 is 0 Å². The zero-order valence-electron chi connectivity index (χ0n) is 8.67. The van der Waals surface area contributed by atoms with Crippen LogP contribution in [0.25, 0.3) is 0 Å². The van der Waals surface area contributed by atoms with Crippen LogP contribution in [0.4, 0.5) is 0 Å². The van der Waals surface area contributed by atoms with E-state index in [1.54, 1.807) is 0 Å². The van der Waals surface area contributed by atoms with Crippen molar-refractivity contribution < 1.29 is 0 Å². The molecular weight excluding hydrogens is 164 g/mol. The smallest absolute Gasteiger partial charge is 0.150 e. The maximum absolute atomic E-state index is 4.43. The largest absolute Gasteiger partial charge is 0.310 e. The molecule has 4 heteroatoms. The van der Waals surface area contributed by atoms with Crippen LogP contribution in [0, 0.1) is 0 Å². The van der Waals surface area contributed by atoms with Crippen molar-refractivity contribution in [3.8, 4) is 0 Å². The van der Waals surface area contributed by atoms with Crippen LogP contribution in [-0.2, 0) is 20.0 Å². The van der Waals surface area contributed by atoms with Crippen molar-refractivity contribution in [2.24, 2.45) is 7.05 Å². The fraction of sp³-hybridized carbons (Fsp3) is 0.778. The maximum atomic E-state index is 4.43. The van der Waals surface area contributed by atoms with Crippen LogP contribution < -0.4 is 5.32 Å². The molecule has 0 bridgehead atoms. The van der Waals surface area contributed by atoms with Gasteiger partial charge in [-0.05, 0) is 13.0 Å². The molecule has 0 unspecified atom stereocenters. The first-order chi connectivity index (χ1) is 6.27. The number of nitrogens with zero attached hydrogens (tertiary/aromatic N) is 3. The first kappa shape index (κ1) is 10.2. The molecule has 1 heterocycles. The first-order valence-electron chi connectivity index (χ1n) is 4.87. The summed E-state index contributed by atoms with van der Waals surface area (Å²) in [6, 6.07) is 0. The lowest BCUT2D eigenvalue weighted by atomic mass is 10.3. The van der Waals surface area contributed by atoms with Crippen molar-refractivity contribution in [3.63, 3.8) is 0 Å². The van der Waals surface area contributed by atoms with Crippen LogP contribution in [0.1, 0.15) is 31.9 Å². The van der Waals surface area contributed by atoms with Gasteiger partial charge in [-0.15, -0.1) is 0 Å². The Morgan fingerprint density at radius 2 is 2.15 bits per heavy atom. The normalized spacial score (nSPS) is 10.7. The lowest BCUT2D eigenvalue weighted by Crippen LogP contribution is -2.15. The molecule has 0 saturated heterocycles. The fourth-order valence-electron chi connectivity index (χ4n) is 1.19. The van der Waals surface area contributed by atoms with Crippen molar-refractivity contribution in [3.05, 3.63) is 11.6 Å². The monoisotopic (exact) mass is 182 g/mol. The van der Waals surface area contributed by atoms with Gasteiger partial charge in [-0.3, -0.25) is 4.68 Å². The predicted molar refractivity (Wildman–Crippen MR) is 52.4 cm³/mol. The Bertz CT molecular complexity index is 254.